The van der Waals surface area contributed by atoms with Gasteiger partial charge in [0, 0.05) is 41.5 Å². The van der Waals surface area contributed by atoms with E-state index >= 15 is 0 Å². The van der Waals surface area contributed by atoms with Crippen LogP contribution in [0, 0.1) is 0 Å². The van der Waals surface area contributed by atoms with Crippen LogP contribution >= 0.6 is 0 Å². The molecule has 3 heterocycles. The molecule has 0 aromatic carbocycles. The van der Waals surface area contributed by atoms with Crippen molar-refractivity contribution in [3.8, 4) is 0 Å². The van der Waals surface area contributed by atoms with Gasteiger partial charge in [0.15, 0.2) is 5.82 Å². The number of imidazole rings is 1. The molecule has 3 aromatic heterocycles. The van der Waals surface area contributed by atoms with Gasteiger partial charge in [-0.1, -0.05) is 0 Å². The minimum absolute atomic E-state index is 0.0965. The van der Waals surface area contributed by atoms with Gasteiger partial charge in [-0.15, -0.1) is 0 Å². The average molecular weight is 439 g/mol. The maximum absolute atomic E-state index is 14.6. The van der Waals surface area contributed by atoms with Crippen LogP contribution < -0.4 is 10.6 Å². The number of fused-ring (bicyclic) bond motifs is 1. The van der Waals surface area contributed by atoms with Crippen molar-refractivity contribution in [2.75, 3.05) is 5.32 Å². The van der Waals surface area contributed by atoms with Crippen molar-refractivity contribution in [1.29, 1.82) is 0 Å². The lowest BCUT2D eigenvalue weighted by atomic mass is 10.0. The number of alkyl halides is 1. The average Bonchev–Trinajstić information content (AvgIpc) is 3.58. The van der Waals surface area contributed by atoms with E-state index in [2.05, 4.69) is 30.8 Å². The van der Waals surface area contributed by atoms with Gasteiger partial charge in [0.1, 0.15) is 17.9 Å². The van der Waals surface area contributed by atoms with Crippen LogP contribution in [-0.2, 0) is 4.74 Å². The molecule has 3 aliphatic rings. The highest BCUT2D eigenvalue weighted by molar-refractivity contribution is 5.69. The largest absolute Gasteiger partial charge is 0.443 e. The molecule has 3 aromatic rings. The fourth-order valence-corrected chi connectivity index (χ4v) is 4.38. The van der Waals surface area contributed by atoms with Gasteiger partial charge in [-0.2, -0.15) is 5.10 Å². The van der Waals surface area contributed by atoms with Crippen molar-refractivity contribution in [1.82, 2.24) is 29.9 Å². The van der Waals surface area contributed by atoms with Gasteiger partial charge in [0.25, 0.3) is 0 Å². The summed E-state index contributed by atoms with van der Waals surface area (Å²) >= 11 is 0. The molecule has 0 bridgehead atoms. The number of H-pyrrole nitrogens is 1. The number of rotatable bonds is 6. The number of aromatic nitrogens is 5. The molecule has 0 saturated heterocycles. The molecule has 3 fully saturated rings. The maximum atomic E-state index is 14.6. The quantitative estimate of drug-likeness (QED) is 0.537. The van der Waals surface area contributed by atoms with Crippen LogP contribution in [0.1, 0.15) is 68.7 Å². The molecule has 3 saturated carbocycles. The standard InChI is InChI=1S/C22H26FN7O2/c1-22(5-6-22)27-21(31)32-17-9-13(8-14(17)23)15-10-18(29-28-15)26-20-24-7-4-19-25-16(11-30(19)20)12-2-3-12/h4,7,10-14,17H,2-3,5-6,8-9H2,1H3,(H,27,31)(H2,24,26,28,29)/t13-,14+,17-/m0/s1. The number of halogens is 1. The Hall–Kier alpha value is -3.17. The van der Waals surface area contributed by atoms with Crippen LogP contribution in [0.4, 0.5) is 21.0 Å². The zero-order valence-corrected chi connectivity index (χ0v) is 17.8. The van der Waals surface area contributed by atoms with Gasteiger partial charge in [-0.05, 0) is 51.5 Å². The lowest BCUT2D eigenvalue weighted by Crippen LogP contribution is -2.38. The molecular formula is C22H26FN7O2. The van der Waals surface area contributed by atoms with Crippen LogP contribution in [0.25, 0.3) is 5.65 Å². The summed E-state index contributed by atoms with van der Waals surface area (Å²) in [4.78, 5) is 21.2. The summed E-state index contributed by atoms with van der Waals surface area (Å²) in [7, 11) is 0. The van der Waals surface area contributed by atoms with Crippen LogP contribution in [0.3, 0.4) is 0 Å². The highest BCUT2D eigenvalue weighted by Gasteiger charge is 2.42. The number of anilines is 2. The SMILES string of the molecule is CC1(NC(=O)O[C@H]2C[C@@H](c3cc(Nc4nccc5nc(C6CC6)cn45)n[nH]3)C[C@H]2F)CC1. The number of carbonyl (C=O) groups excluding carboxylic acids is 1. The predicted octanol–water partition coefficient (Wildman–Crippen LogP) is 3.94. The van der Waals surface area contributed by atoms with E-state index < -0.39 is 18.4 Å². The smallest absolute Gasteiger partial charge is 0.407 e. The fourth-order valence-electron chi connectivity index (χ4n) is 4.38. The Morgan fingerprint density at radius 1 is 1.31 bits per heavy atom. The third kappa shape index (κ3) is 3.78. The Morgan fingerprint density at radius 3 is 2.94 bits per heavy atom. The van der Waals surface area contributed by atoms with Crippen molar-refractivity contribution >= 4 is 23.5 Å². The number of hydrogen-bond acceptors (Lipinski definition) is 6. The lowest BCUT2D eigenvalue weighted by molar-refractivity contribution is 0.0583. The first-order valence-electron chi connectivity index (χ1n) is 11.2. The Labute approximate surface area is 184 Å². The molecule has 0 spiro atoms. The molecule has 3 atom stereocenters. The molecule has 0 radical (unpaired) electrons. The van der Waals surface area contributed by atoms with Crippen molar-refractivity contribution in [3.63, 3.8) is 0 Å². The first-order chi connectivity index (χ1) is 15.5. The number of alkyl carbamates (subject to hydrolysis) is 1. The summed E-state index contributed by atoms with van der Waals surface area (Å²) < 4.78 is 21.9. The Morgan fingerprint density at radius 2 is 2.16 bits per heavy atom. The number of aromatic amines is 1. The summed E-state index contributed by atoms with van der Waals surface area (Å²) in [5.74, 6) is 1.68. The monoisotopic (exact) mass is 439 g/mol. The van der Waals surface area contributed by atoms with Crippen molar-refractivity contribution < 1.29 is 13.9 Å². The lowest BCUT2D eigenvalue weighted by Gasteiger charge is -2.17. The van der Waals surface area contributed by atoms with Crippen LogP contribution in [0.2, 0.25) is 0 Å². The van der Waals surface area contributed by atoms with E-state index in [0.717, 1.165) is 29.9 Å². The van der Waals surface area contributed by atoms with E-state index in [9.17, 15) is 9.18 Å². The molecule has 6 rings (SSSR count). The van der Waals surface area contributed by atoms with Gasteiger partial charge in [-0.3, -0.25) is 9.50 Å². The third-order valence-corrected chi connectivity index (χ3v) is 6.77. The number of amides is 1. The van der Waals surface area contributed by atoms with Crippen molar-refractivity contribution in [3.05, 3.63) is 35.9 Å². The maximum Gasteiger partial charge on any atom is 0.407 e. The first-order valence-corrected chi connectivity index (χ1v) is 11.2. The summed E-state index contributed by atoms with van der Waals surface area (Å²) in [6.07, 6.45) is 6.22. The predicted molar refractivity (Wildman–Crippen MR) is 115 cm³/mol. The number of ether oxygens (including phenoxy) is 1. The van der Waals surface area contributed by atoms with Crippen LogP contribution in [-0.4, -0.2) is 48.5 Å². The number of hydrogen-bond donors (Lipinski definition) is 3. The minimum atomic E-state index is -1.19. The van der Waals surface area contributed by atoms with Gasteiger partial charge in [-0.25, -0.2) is 19.2 Å². The number of nitrogens with one attached hydrogen (secondary N) is 3. The molecule has 3 N–H and O–H groups in total. The normalized spacial score (nSPS) is 26.2. The second-order valence-corrected chi connectivity index (χ2v) is 9.58. The third-order valence-electron chi connectivity index (χ3n) is 6.77. The molecule has 0 unspecified atom stereocenters. The molecular weight excluding hydrogens is 413 g/mol. The highest BCUT2D eigenvalue weighted by atomic mass is 19.1. The molecule has 9 nitrogen and oxygen atoms in total. The fraction of sp³-hybridized carbons (Fsp3) is 0.545. The van der Waals surface area contributed by atoms with Gasteiger partial charge < -0.3 is 15.4 Å². The highest BCUT2D eigenvalue weighted by Crippen LogP contribution is 2.40. The molecule has 168 valence electrons. The molecule has 1 amide bonds. The molecule has 32 heavy (non-hydrogen) atoms. The second-order valence-electron chi connectivity index (χ2n) is 9.58. The molecule has 3 aliphatic carbocycles. The van der Waals surface area contributed by atoms with Gasteiger partial charge in [0.2, 0.25) is 5.95 Å². The zero-order valence-electron chi connectivity index (χ0n) is 17.8. The first kappa shape index (κ1) is 19.5. The van der Waals surface area contributed by atoms with Crippen LogP contribution in [0.15, 0.2) is 24.5 Å². The van der Waals surface area contributed by atoms with Gasteiger partial charge >= 0.3 is 6.09 Å². The molecule has 0 aliphatic heterocycles. The Kier molecular flexibility index (Phi) is 4.38. The second kappa shape index (κ2) is 7.18. The van der Waals surface area contributed by atoms with E-state index in [0.29, 0.717) is 24.1 Å². The van der Waals surface area contributed by atoms with E-state index in [1.54, 1.807) is 6.20 Å². The van der Waals surface area contributed by atoms with E-state index in [4.69, 9.17) is 4.74 Å². The number of nitrogens with zero attached hydrogens (tertiary/aromatic N) is 4. The van der Waals surface area contributed by atoms with Crippen molar-refractivity contribution in [2.24, 2.45) is 0 Å². The Bertz CT molecular complexity index is 1170. The number of carbonyl (C=O) groups is 1. The van der Waals surface area contributed by atoms with Crippen molar-refractivity contribution in [2.45, 2.75) is 75.1 Å². The van der Waals surface area contributed by atoms with Crippen LogP contribution in [0.5, 0.6) is 0 Å². The van der Waals surface area contributed by atoms with E-state index in [-0.39, 0.29) is 17.9 Å². The summed E-state index contributed by atoms with van der Waals surface area (Å²) in [5.41, 5.74) is 2.56. The zero-order chi connectivity index (χ0) is 21.9. The van der Waals surface area contributed by atoms with E-state index in [1.165, 1.54) is 12.8 Å². The topological polar surface area (TPSA) is 109 Å². The summed E-state index contributed by atoms with van der Waals surface area (Å²) in [6.45, 7) is 1.96. The minimum Gasteiger partial charge on any atom is -0.443 e. The van der Waals surface area contributed by atoms with E-state index in [1.807, 2.05) is 29.7 Å². The Balaban J connectivity index is 1.12. The molecule has 10 heteroatoms. The van der Waals surface area contributed by atoms with Gasteiger partial charge in [0.05, 0.1) is 5.69 Å². The summed E-state index contributed by atoms with van der Waals surface area (Å²) in [6, 6.07) is 3.75. The summed E-state index contributed by atoms with van der Waals surface area (Å²) in [5, 5.41) is 13.4.